The Balaban J connectivity index is 1.71. The molecule has 5 nitrogen and oxygen atoms in total. The number of nitrogens with two attached hydrogens (primary N) is 2. The maximum absolute atomic E-state index is 6.59. The molecule has 4 rings (SSSR count). The second-order valence-electron chi connectivity index (χ2n) is 7.15. The number of hydrogen-bond acceptors (Lipinski definition) is 5. The highest BCUT2D eigenvalue weighted by atomic mass is 15.0. The zero-order valence-electron chi connectivity index (χ0n) is 14.4. The molecule has 1 aliphatic rings. The summed E-state index contributed by atoms with van der Waals surface area (Å²) < 4.78 is 0. The van der Waals surface area contributed by atoms with Crippen molar-refractivity contribution in [1.29, 1.82) is 0 Å². The molecular formula is C20H23N5. The first-order chi connectivity index (χ1) is 12.0. The van der Waals surface area contributed by atoms with Crippen LogP contribution in [0.3, 0.4) is 0 Å². The molecule has 0 aliphatic heterocycles. The summed E-state index contributed by atoms with van der Waals surface area (Å²) in [6.45, 7) is 2.09. The van der Waals surface area contributed by atoms with Crippen LogP contribution in [0.2, 0.25) is 0 Å². The van der Waals surface area contributed by atoms with Gasteiger partial charge in [-0.2, -0.15) is 0 Å². The third kappa shape index (κ3) is 3.01. The van der Waals surface area contributed by atoms with Crippen molar-refractivity contribution in [3.8, 4) is 11.1 Å². The van der Waals surface area contributed by atoms with Crippen LogP contribution in [0.15, 0.2) is 42.9 Å². The average Bonchev–Trinajstić information content (AvgIpc) is 2.64. The van der Waals surface area contributed by atoms with Crippen LogP contribution < -0.4 is 11.5 Å². The van der Waals surface area contributed by atoms with E-state index in [-0.39, 0.29) is 6.04 Å². The van der Waals surface area contributed by atoms with E-state index in [9.17, 15) is 0 Å². The number of pyridine rings is 1. The molecule has 0 unspecified atom stereocenters. The van der Waals surface area contributed by atoms with E-state index in [1.807, 2.05) is 30.7 Å². The van der Waals surface area contributed by atoms with Crippen LogP contribution in [0.5, 0.6) is 0 Å². The van der Waals surface area contributed by atoms with Crippen LogP contribution in [0.4, 0.5) is 0 Å². The minimum Gasteiger partial charge on any atom is -0.328 e. The predicted octanol–water partition coefficient (Wildman–Crippen LogP) is 3.06. The van der Waals surface area contributed by atoms with Crippen LogP contribution in [0, 0.1) is 6.92 Å². The van der Waals surface area contributed by atoms with Gasteiger partial charge >= 0.3 is 0 Å². The van der Waals surface area contributed by atoms with Gasteiger partial charge in [0.15, 0.2) is 0 Å². The fourth-order valence-corrected chi connectivity index (χ4v) is 3.59. The lowest BCUT2D eigenvalue weighted by Crippen LogP contribution is -2.44. The minimum absolute atomic E-state index is 0.252. The number of aryl methyl sites for hydroxylation is 1. The van der Waals surface area contributed by atoms with Crippen LogP contribution in [0.1, 0.15) is 37.1 Å². The summed E-state index contributed by atoms with van der Waals surface area (Å²) in [6.07, 6.45) is 9.13. The molecule has 4 N–H and O–H groups in total. The number of benzene rings is 1. The third-order valence-electron chi connectivity index (χ3n) is 5.30. The zero-order chi connectivity index (χ0) is 17.4. The summed E-state index contributed by atoms with van der Waals surface area (Å²) in [5, 5.41) is 1.01. The molecule has 1 aromatic carbocycles. The highest BCUT2D eigenvalue weighted by Crippen LogP contribution is 2.33. The van der Waals surface area contributed by atoms with Gasteiger partial charge in [-0.25, -0.2) is 9.97 Å². The highest BCUT2D eigenvalue weighted by Gasteiger charge is 2.34. The number of fused-ring (bicyclic) bond motifs is 1. The van der Waals surface area contributed by atoms with E-state index in [1.165, 1.54) is 5.56 Å². The van der Waals surface area contributed by atoms with Crippen molar-refractivity contribution in [3.63, 3.8) is 0 Å². The Morgan fingerprint density at radius 2 is 1.92 bits per heavy atom. The highest BCUT2D eigenvalue weighted by molar-refractivity contribution is 5.84. The molecule has 0 radical (unpaired) electrons. The summed E-state index contributed by atoms with van der Waals surface area (Å²) >= 11 is 0. The second kappa shape index (κ2) is 6.17. The quantitative estimate of drug-likeness (QED) is 0.752. The van der Waals surface area contributed by atoms with Crippen molar-refractivity contribution >= 4 is 10.9 Å². The molecule has 0 bridgehead atoms. The maximum atomic E-state index is 6.59. The molecule has 1 saturated carbocycles. The van der Waals surface area contributed by atoms with Crippen LogP contribution in [-0.4, -0.2) is 21.0 Å². The van der Waals surface area contributed by atoms with Gasteiger partial charge in [0.05, 0.1) is 11.1 Å². The molecule has 2 heterocycles. The van der Waals surface area contributed by atoms with Crippen molar-refractivity contribution in [2.75, 3.05) is 0 Å². The van der Waals surface area contributed by atoms with Crippen molar-refractivity contribution < 1.29 is 0 Å². The molecule has 0 spiro atoms. The Morgan fingerprint density at radius 1 is 1.12 bits per heavy atom. The third-order valence-corrected chi connectivity index (χ3v) is 5.30. The zero-order valence-corrected chi connectivity index (χ0v) is 14.4. The Kier molecular flexibility index (Phi) is 3.98. The standard InChI is InChI=1S/C20H23N5/c1-13-6-9-23-12-17(13)14-2-3-18-15(10-14)11-24-19(25-18)20(22)7-4-16(21)5-8-20/h2-3,6,9-12,16H,4-5,7-8,21-22H2,1H3. The lowest BCUT2D eigenvalue weighted by molar-refractivity contribution is 0.265. The smallest absolute Gasteiger partial charge is 0.148 e. The van der Waals surface area contributed by atoms with Crippen molar-refractivity contribution in [2.45, 2.75) is 44.2 Å². The van der Waals surface area contributed by atoms with E-state index >= 15 is 0 Å². The topological polar surface area (TPSA) is 90.7 Å². The van der Waals surface area contributed by atoms with Gasteiger partial charge in [-0.3, -0.25) is 4.98 Å². The van der Waals surface area contributed by atoms with Gasteiger partial charge in [-0.15, -0.1) is 0 Å². The normalized spacial score (nSPS) is 23.7. The first-order valence-electron chi connectivity index (χ1n) is 8.78. The first-order valence-corrected chi connectivity index (χ1v) is 8.78. The summed E-state index contributed by atoms with van der Waals surface area (Å²) in [4.78, 5) is 13.6. The van der Waals surface area contributed by atoms with E-state index < -0.39 is 5.54 Å². The molecule has 0 amide bonds. The van der Waals surface area contributed by atoms with Crippen molar-refractivity contribution in [3.05, 3.63) is 54.2 Å². The van der Waals surface area contributed by atoms with E-state index in [0.717, 1.165) is 53.5 Å². The van der Waals surface area contributed by atoms with Crippen LogP contribution in [-0.2, 0) is 5.54 Å². The lowest BCUT2D eigenvalue weighted by Gasteiger charge is -2.34. The van der Waals surface area contributed by atoms with Gasteiger partial charge in [0.25, 0.3) is 0 Å². The Morgan fingerprint density at radius 3 is 2.68 bits per heavy atom. The first kappa shape index (κ1) is 16.1. The molecule has 1 aliphatic carbocycles. The molecule has 128 valence electrons. The number of hydrogen-bond donors (Lipinski definition) is 2. The molecule has 0 saturated heterocycles. The molecule has 25 heavy (non-hydrogen) atoms. The number of aromatic nitrogens is 3. The number of nitrogens with zero attached hydrogens (tertiary/aromatic N) is 3. The molecule has 5 heteroatoms. The lowest BCUT2D eigenvalue weighted by atomic mass is 9.80. The van der Waals surface area contributed by atoms with E-state index in [1.54, 1.807) is 0 Å². The van der Waals surface area contributed by atoms with Gasteiger partial charge < -0.3 is 11.5 Å². The van der Waals surface area contributed by atoms with Gasteiger partial charge in [0.2, 0.25) is 0 Å². The van der Waals surface area contributed by atoms with Crippen molar-refractivity contribution in [2.24, 2.45) is 11.5 Å². The van der Waals surface area contributed by atoms with E-state index in [2.05, 4.69) is 29.0 Å². The Labute approximate surface area is 147 Å². The molecule has 2 aromatic heterocycles. The number of rotatable bonds is 2. The summed E-state index contributed by atoms with van der Waals surface area (Å²) in [7, 11) is 0. The van der Waals surface area contributed by atoms with Gasteiger partial charge in [-0.1, -0.05) is 6.07 Å². The second-order valence-corrected chi connectivity index (χ2v) is 7.15. The minimum atomic E-state index is -0.456. The summed E-state index contributed by atoms with van der Waals surface area (Å²) in [5.74, 6) is 0.734. The van der Waals surface area contributed by atoms with E-state index in [4.69, 9.17) is 16.5 Å². The summed E-state index contributed by atoms with van der Waals surface area (Å²) in [6, 6.07) is 8.51. The van der Waals surface area contributed by atoms with E-state index in [0.29, 0.717) is 0 Å². The van der Waals surface area contributed by atoms with Crippen molar-refractivity contribution in [1.82, 2.24) is 15.0 Å². The molecule has 0 atom stereocenters. The average molecular weight is 333 g/mol. The predicted molar refractivity (Wildman–Crippen MR) is 99.8 cm³/mol. The molecule has 1 fully saturated rings. The largest absolute Gasteiger partial charge is 0.328 e. The fraction of sp³-hybridized carbons (Fsp3) is 0.350. The molecular weight excluding hydrogens is 310 g/mol. The Hall–Kier alpha value is -2.37. The van der Waals surface area contributed by atoms with Gasteiger partial charge in [0, 0.05) is 35.6 Å². The molecule has 3 aromatic rings. The SMILES string of the molecule is Cc1ccncc1-c1ccc2nc(C3(N)CCC(N)CC3)ncc2c1. The van der Waals surface area contributed by atoms with Gasteiger partial charge in [0.1, 0.15) is 5.82 Å². The monoisotopic (exact) mass is 333 g/mol. The maximum Gasteiger partial charge on any atom is 0.148 e. The van der Waals surface area contributed by atoms with Crippen LogP contribution >= 0.6 is 0 Å². The summed E-state index contributed by atoms with van der Waals surface area (Å²) in [5.41, 5.74) is 16.5. The van der Waals surface area contributed by atoms with Crippen LogP contribution in [0.25, 0.3) is 22.0 Å². The van der Waals surface area contributed by atoms with Gasteiger partial charge in [-0.05, 0) is 61.9 Å². The fourth-order valence-electron chi connectivity index (χ4n) is 3.59. The Bertz CT molecular complexity index is 913.